The molecule has 2 aromatic rings. The van der Waals surface area contributed by atoms with E-state index in [1.165, 1.54) is 4.90 Å². The molecule has 4 heterocycles. The van der Waals surface area contributed by atoms with Crippen molar-refractivity contribution in [3.05, 3.63) is 84.5 Å². The number of anilines is 2. The van der Waals surface area contributed by atoms with Gasteiger partial charge in [-0.15, -0.1) is 0 Å². The minimum absolute atomic E-state index is 0.179. The Morgan fingerprint density at radius 1 is 0.980 bits per heavy atom. The van der Waals surface area contributed by atoms with Crippen LogP contribution in [0.2, 0.25) is 0 Å². The number of nitrogens with zero attached hydrogens (tertiary/aromatic N) is 3. The van der Waals surface area contributed by atoms with Gasteiger partial charge in [-0.05, 0) is 62.9 Å². The van der Waals surface area contributed by atoms with Crippen molar-refractivity contribution in [3.63, 3.8) is 0 Å². The van der Waals surface area contributed by atoms with Crippen molar-refractivity contribution in [2.24, 2.45) is 17.8 Å². The van der Waals surface area contributed by atoms with Crippen molar-refractivity contribution >= 4 is 35.1 Å². The summed E-state index contributed by atoms with van der Waals surface area (Å²) in [6.07, 6.45) is 5.99. The summed E-state index contributed by atoms with van der Waals surface area (Å²) in [4.78, 5) is 62.6. The van der Waals surface area contributed by atoms with Crippen LogP contribution in [0.15, 0.2) is 78.9 Å². The molecule has 2 saturated heterocycles. The first kappa shape index (κ1) is 36.3. The normalized spacial score (nSPS) is 30.7. The number of carbonyl (C=O) groups excluding carboxylic acids is 4. The average molecular weight is 699 g/mol. The first-order chi connectivity index (χ1) is 24.6. The number of benzene rings is 2. The van der Waals surface area contributed by atoms with E-state index in [1.54, 1.807) is 30.1 Å². The molecule has 6 rings (SSSR count). The molecule has 51 heavy (non-hydrogen) atoms. The molecule has 2 aromatic carbocycles. The number of fused-ring (bicyclic) bond motifs is 2. The maximum atomic E-state index is 15.0. The van der Waals surface area contributed by atoms with Crippen LogP contribution in [0.1, 0.15) is 59.1 Å². The van der Waals surface area contributed by atoms with Crippen LogP contribution in [0.5, 0.6) is 0 Å². The van der Waals surface area contributed by atoms with Gasteiger partial charge in [0.25, 0.3) is 5.91 Å². The summed E-state index contributed by atoms with van der Waals surface area (Å²) in [6.45, 7) is 11.3. The number of esters is 1. The molecule has 8 atom stereocenters. The van der Waals surface area contributed by atoms with Gasteiger partial charge in [-0.25, -0.2) is 0 Å². The van der Waals surface area contributed by atoms with Crippen LogP contribution >= 0.6 is 0 Å². The number of aliphatic hydroxyl groups is 1. The van der Waals surface area contributed by atoms with E-state index in [2.05, 4.69) is 24.1 Å². The Hall–Kier alpha value is -4.48. The van der Waals surface area contributed by atoms with Gasteiger partial charge >= 0.3 is 5.97 Å². The molecule has 11 heteroatoms. The van der Waals surface area contributed by atoms with Gasteiger partial charge in [0.1, 0.15) is 23.7 Å². The molecule has 1 spiro atoms. The largest absolute Gasteiger partial charge is 0.455 e. The number of carbonyl (C=O) groups is 4. The van der Waals surface area contributed by atoms with E-state index in [-0.39, 0.29) is 37.3 Å². The smallest absolute Gasteiger partial charge is 0.313 e. The molecular formula is C40H50N4O7. The summed E-state index contributed by atoms with van der Waals surface area (Å²) < 4.78 is 13.1. The fraction of sp³-hybridized carbons (Fsp3) is 0.500. The number of likely N-dealkylation sites (tertiary alicyclic amines) is 1. The van der Waals surface area contributed by atoms with Crippen LogP contribution in [0.25, 0.3) is 0 Å². The SMILES string of the molecule is CCN(CC)c1ccc(N2CC=C[C@@]34O[C@H]5/C=C\CCC(=O)N[C@@H](C)[C@H](c6ccccc6)OC(=O)[C@H]5[C@@H]3C(=O)N([C@@H](CO)C(C)C)[C@H]4C2=O)cc1. The molecule has 2 N–H and O–H groups in total. The second kappa shape index (κ2) is 15.0. The summed E-state index contributed by atoms with van der Waals surface area (Å²) in [6, 6.07) is 14.5. The number of nitrogens with one attached hydrogen (secondary N) is 1. The predicted molar refractivity (Wildman–Crippen MR) is 194 cm³/mol. The van der Waals surface area contributed by atoms with E-state index < -0.39 is 59.6 Å². The quantitative estimate of drug-likeness (QED) is 0.311. The Bertz CT molecular complexity index is 1660. The Morgan fingerprint density at radius 3 is 2.33 bits per heavy atom. The highest BCUT2D eigenvalue weighted by Gasteiger charge is 2.72. The third-order valence-electron chi connectivity index (χ3n) is 10.9. The molecule has 11 nitrogen and oxygen atoms in total. The Labute approximate surface area is 300 Å². The van der Waals surface area contributed by atoms with Gasteiger partial charge in [0.05, 0.1) is 30.7 Å². The standard InChI is InChI=1S/C40H50N4O7/c1-6-42(7-2)28-18-20-29(21-19-28)43-23-13-22-40-34(37(47)44(36(40)38(43)48)30(24-45)25(3)4)33-31(51-40)16-11-12-17-32(46)41-26(5)35(50-39(33)49)27-14-9-8-10-15-27/h8-11,13-16,18-22,25-26,30-31,33-36,45H,6-7,12,17,23-24H2,1-5H3,(H,41,46)/b16-11-/t26-,30-,31-,33+,34+,35+,36-,40+/m0/s1. The molecule has 4 aliphatic heterocycles. The van der Waals surface area contributed by atoms with E-state index in [4.69, 9.17) is 9.47 Å². The van der Waals surface area contributed by atoms with E-state index in [0.717, 1.165) is 18.8 Å². The number of cyclic esters (lactones) is 1. The molecule has 272 valence electrons. The third-order valence-corrected chi connectivity index (χ3v) is 10.9. The molecule has 0 unspecified atom stereocenters. The molecule has 2 fully saturated rings. The van der Waals surface area contributed by atoms with E-state index in [0.29, 0.717) is 17.7 Å². The summed E-state index contributed by atoms with van der Waals surface area (Å²) in [7, 11) is 0. The van der Waals surface area contributed by atoms with Crippen LogP contribution < -0.4 is 15.1 Å². The Morgan fingerprint density at radius 2 is 1.69 bits per heavy atom. The predicted octanol–water partition coefficient (Wildman–Crippen LogP) is 4.17. The number of rotatable bonds is 8. The van der Waals surface area contributed by atoms with Gasteiger partial charge in [-0.3, -0.25) is 19.2 Å². The third kappa shape index (κ3) is 6.57. The monoisotopic (exact) mass is 698 g/mol. The number of ether oxygens (including phenoxy) is 2. The lowest BCUT2D eigenvalue weighted by Gasteiger charge is -2.40. The fourth-order valence-electron chi connectivity index (χ4n) is 8.29. The lowest BCUT2D eigenvalue weighted by atomic mass is 9.77. The average Bonchev–Trinajstić information content (AvgIpc) is 3.50. The molecule has 0 saturated carbocycles. The van der Waals surface area contributed by atoms with Crippen LogP contribution in [0, 0.1) is 17.8 Å². The van der Waals surface area contributed by atoms with Gasteiger partial charge in [0, 0.05) is 37.4 Å². The van der Waals surface area contributed by atoms with Crippen LogP contribution in [-0.2, 0) is 28.7 Å². The maximum absolute atomic E-state index is 15.0. The maximum Gasteiger partial charge on any atom is 0.313 e. The van der Waals surface area contributed by atoms with Gasteiger partial charge in [-0.2, -0.15) is 0 Å². The van der Waals surface area contributed by atoms with Crippen molar-refractivity contribution < 1.29 is 33.8 Å². The van der Waals surface area contributed by atoms with Gasteiger partial charge in [-0.1, -0.05) is 68.5 Å². The number of hydrogen-bond donors (Lipinski definition) is 2. The fourth-order valence-corrected chi connectivity index (χ4v) is 8.29. The van der Waals surface area contributed by atoms with Gasteiger partial charge < -0.3 is 34.6 Å². The summed E-state index contributed by atoms with van der Waals surface area (Å²) >= 11 is 0. The molecule has 0 radical (unpaired) electrons. The number of amides is 3. The lowest BCUT2D eigenvalue weighted by Crippen LogP contribution is -2.59. The van der Waals surface area contributed by atoms with Crippen molar-refractivity contribution in [1.82, 2.24) is 10.2 Å². The van der Waals surface area contributed by atoms with Crippen molar-refractivity contribution in [2.75, 3.05) is 36.0 Å². The Balaban J connectivity index is 1.44. The molecule has 3 amide bonds. The number of aliphatic hydroxyl groups excluding tert-OH is 1. The summed E-state index contributed by atoms with van der Waals surface area (Å²) in [5.41, 5.74) is 0.878. The van der Waals surface area contributed by atoms with Gasteiger partial charge in [0.15, 0.2) is 0 Å². The second-order valence-electron chi connectivity index (χ2n) is 14.2. The molecule has 0 aromatic heterocycles. The zero-order valence-corrected chi connectivity index (χ0v) is 30.1. The minimum Gasteiger partial charge on any atom is -0.455 e. The summed E-state index contributed by atoms with van der Waals surface area (Å²) in [5.74, 6) is -4.04. The van der Waals surface area contributed by atoms with Crippen LogP contribution in [0.3, 0.4) is 0 Å². The Kier molecular flexibility index (Phi) is 10.7. The highest BCUT2D eigenvalue weighted by atomic mass is 16.6. The number of hydrogen-bond acceptors (Lipinski definition) is 8. The van der Waals surface area contributed by atoms with Crippen molar-refractivity contribution in [2.45, 2.75) is 83.4 Å². The van der Waals surface area contributed by atoms with Crippen LogP contribution in [0.4, 0.5) is 11.4 Å². The molecule has 0 aliphatic carbocycles. The minimum atomic E-state index is -1.52. The highest BCUT2D eigenvalue weighted by molar-refractivity contribution is 6.05. The van der Waals surface area contributed by atoms with E-state index in [9.17, 15) is 24.3 Å². The first-order valence-electron chi connectivity index (χ1n) is 18.2. The topological polar surface area (TPSA) is 129 Å². The molecule has 0 bridgehead atoms. The molecule has 4 aliphatic rings. The van der Waals surface area contributed by atoms with E-state index in [1.807, 2.05) is 74.5 Å². The van der Waals surface area contributed by atoms with E-state index >= 15 is 0 Å². The van der Waals surface area contributed by atoms with Crippen molar-refractivity contribution in [3.8, 4) is 0 Å². The highest BCUT2D eigenvalue weighted by Crippen LogP contribution is 2.54. The second-order valence-corrected chi connectivity index (χ2v) is 14.2. The zero-order valence-electron chi connectivity index (χ0n) is 30.1. The van der Waals surface area contributed by atoms with Gasteiger partial charge in [0.2, 0.25) is 11.8 Å². The lowest BCUT2D eigenvalue weighted by molar-refractivity contribution is -0.162. The molecular weight excluding hydrogens is 648 g/mol. The summed E-state index contributed by atoms with van der Waals surface area (Å²) in [5, 5.41) is 13.6. The van der Waals surface area contributed by atoms with Crippen molar-refractivity contribution in [1.29, 1.82) is 0 Å². The zero-order chi connectivity index (χ0) is 36.4. The number of allylic oxidation sites excluding steroid dienone is 1. The first-order valence-corrected chi connectivity index (χ1v) is 18.2. The van der Waals surface area contributed by atoms with Crippen LogP contribution in [-0.4, -0.2) is 89.8 Å².